The number of hydrogen-bond acceptors (Lipinski definition) is 3. The monoisotopic (exact) mass is 439 g/mol. The molecule has 4 aromatic rings. The maximum Gasteiger partial charge on any atom is 0.251 e. The lowest BCUT2D eigenvalue weighted by Gasteiger charge is -2.16. The minimum absolute atomic E-state index is 0.184. The second-order valence-corrected chi connectivity index (χ2v) is 7.95. The van der Waals surface area contributed by atoms with Gasteiger partial charge in [-0.15, -0.1) is 0 Å². The number of primary amides is 1. The van der Waals surface area contributed by atoms with Crippen LogP contribution in [0.15, 0.2) is 84.9 Å². The Kier molecular flexibility index (Phi) is 6.64. The summed E-state index contributed by atoms with van der Waals surface area (Å²) >= 11 is 0. The molecule has 0 aliphatic carbocycles. The molecule has 3 amide bonds. The zero-order chi connectivity index (χ0) is 23.2. The van der Waals surface area contributed by atoms with E-state index in [-0.39, 0.29) is 11.8 Å². The van der Waals surface area contributed by atoms with Gasteiger partial charge in [0.15, 0.2) is 0 Å². The second kappa shape index (κ2) is 9.96. The van der Waals surface area contributed by atoms with Crippen molar-refractivity contribution in [3.8, 4) is 0 Å². The molecule has 0 saturated carbocycles. The predicted molar refractivity (Wildman–Crippen MR) is 130 cm³/mol. The Bertz CT molecular complexity index is 1330. The molecule has 0 fully saturated rings. The topological polar surface area (TPSA) is 101 Å². The molecule has 33 heavy (non-hydrogen) atoms. The van der Waals surface area contributed by atoms with E-state index in [9.17, 15) is 14.4 Å². The number of rotatable bonds is 8. The first kappa shape index (κ1) is 22.0. The van der Waals surface area contributed by atoms with E-state index in [0.29, 0.717) is 30.5 Å². The van der Waals surface area contributed by atoms with Crippen molar-refractivity contribution >= 4 is 39.3 Å². The molecular formula is C27H25N3O3. The van der Waals surface area contributed by atoms with Crippen LogP contribution in [0.3, 0.4) is 0 Å². The third-order valence-corrected chi connectivity index (χ3v) is 5.63. The number of carbonyl (C=O) groups is 3. The van der Waals surface area contributed by atoms with E-state index in [4.69, 9.17) is 5.73 Å². The number of amides is 3. The van der Waals surface area contributed by atoms with Crippen molar-refractivity contribution in [2.24, 2.45) is 5.73 Å². The van der Waals surface area contributed by atoms with E-state index < -0.39 is 11.9 Å². The highest BCUT2D eigenvalue weighted by Gasteiger charge is 2.19. The summed E-state index contributed by atoms with van der Waals surface area (Å²) < 4.78 is 0. The van der Waals surface area contributed by atoms with Crippen LogP contribution in [-0.2, 0) is 4.79 Å². The molecule has 6 nitrogen and oxygen atoms in total. The van der Waals surface area contributed by atoms with Crippen molar-refractivity contribution in [2.45, 2.75) is 18.9 Å². The molecule has 166 valence electrons. The van der Waals surface area contributed by atoms with Crippen molar-refractivity contribution in [1.29, 1.82) is 0 Å². The molecular weight excluding hydrogens is 414 g/mol. The van der Waals surface area contributed by atoms with Gasteiger partial charge in [-0.05, 0) is 58.7 Å². The molecule has 0 unspecified atom stereocenters. The quantitative estimate of drug-likeness (QED) is 0.364. The Morgan fingerprint density at radius 1 is 0.697 bits per heavy atom. The van der Waals surface area contributed by atoms with Crippen molar-refractivity contribution in [3.05, 3.63) is 96.1 Å². The van der Waals surface area contributed by atoms with Crippen LogP contribution in [0.1, 0.15) is 33.6 Å². The first-order valence-electron chi connectivity index (χ1n) is 10.9. The van der Waals surface area contributed by atoms with Crippen LogP contribution in [0.25, 0.3) is 21.5 Å². The molecule has 0 aliphatic heterocycles. The predicted octanol–water partition coefficient (Wildman–Crippen LogP) is 3.79. The fraction of sp³-hybridized carbons (Fsp3) is 0.148. The van der Waals surface area contributed by atoms with Gasteiger partial charge in [-0.3, -0.25) is 14.4 Å². The minimum atomic E-state index is -0.818. The largest absolute Gasteiger partial charge is 0.368 e. The number of hydrogen-bond donors (Lipinski definition) is 3. The van der Waals surface area contributed by atoms with Gasteiger partial charge in [0.2, 0.25) is 5.91 Å². The summed E-state index contributed by atoms with van der Waals surface area (Å²) in [6, 6.07) is 25.7. The highest BCUT2D eigenvalue weighted by atomic mass is 16.2. The average molecular weight is 440 g/mol. The van der Waals surface area contributed by atoms with E-state index in [0.717, 1.165) is 21.5 Å². The lowest BCUT2D eigenvalue weighted by molar-refractivity contribution is -0.120. The molecule has 0 saturated heterocycles. The molecule has 0 heterocycles. The molecule has 0 spiro atoms. The zero-order valence-electron chi connectivity index (χ0n) is 18.1. The SMILES string of the molecule is NC(=O)[C@H](CCCNC(=O)c1ccc2ccccc2c1)NC(=O)c1ccc2ccccc2c1. The van der Waals surface area contributed by atoms with E-state index in [1.54, 1.807) is 18.2 Å². The molecule has 0 radical (unpaired) electrons. The number of carbonyl (C=O) groups excluding carboxylic acids is 3. The van der Waals surface area contributed by atoms with Gasteiger partial charge in [-0.1, -0.05) is 60.7 Å². The maximum atomic E-state index is 12.6. The van der Waals surface area contributed by atoms with Crippen molar-refractivity contribution in [1.82, 2.24) is 10.6 Å². The minimum Gasteiger partial charge on any atom is -0.368 e. The van der Waals surface area contributed by atoms with Gasteiger partial charge in [0.05, 0.1) is 0 Å². The van der Waals surface area contributed by atoms with Crippen LogP contribution in [0.5, 0.6) is 0 Å². The highest BCUT2D eigenvalue weighted by molar-refractivity contribution is 6.00. The molecule has 0 bridgehead atoms. The fourth-order valence-electron chi connectivity index (χ4n) is 3.80. The molecule has 4 N–H and O–H groups in total. The fourth-order valence-corrected chi connectivity index (χ4v) is 3.80. The molecule has 0 aromatic heterocycles. The van der Waals surface area contributed by atoms with Gasteiger partial charge in [0.1, 0.15) is 6.04 Å². The summed E-state index contributed by atoms with van der Waals surface area (Å²) in [5, 5.41) is 9.61. The van der Waals surface area contributed by atoms with Crippen LogP contribution in [0.4, 0.5) is 0 Å². The second-order valence-electron chi connectivity index (χ2n) is 7.95. The standard InChI is InChI=1S/C27H25N3O3/c28-25(31)24(30-27(33)23-14-12-19-7-2-4-9-21(19)17-23)10-5-15-29-26(32)22-13-11-18-6-1-3-8-20(18)16-22/h1-4,6-9,11-14,16-17,24H,5,10,15H2,(H2,28,31)(H,29,32)(H,30,33)/t24-/m0/s1. The molecule has 6 heteroatoms. The first-order chi connectivity index (χ1) is 16.0. The lowest BCUT2D eigenvalue weighted by atomic mass is 10.1. The Morgan fingerprint density at radius 3 is 1.76 bits per heavy atom. The van der Waals surface area contributed by atoms with Crippen LogP contribution in [0.2, 0.25) is 0 Å². The van der Waals surface area contributed by atoms with Gasteiger partial charge in [-0.2, -0.15) is 0 Å². The van der Waals surface area contributed by atoms with E-state index >= 15 is 0 Å². The molecule has 4 aromatic carbocycles. The summed E-state index contributed by atoms with van der Waals surface area (Å²) in [4.78, 5) is 37.0. The van der Waals surface area contributed by atoms with Gasteiger partial charge < -0.3 is 16.4 Å². The molecule has 4 rings (SSSR count). The Labute approximate surface area is 191 Å². The zero-order valence-corrected chi connectivity index (χ0v) is 18.1. The van der Waals surface area contributed by atoms with Gasteiger partial charge in [0.25, 0.3) is 11.8 Å². The Morgan fingerprint density at radius 2 is 1.21 bits per heavy atom. The lowest BCUT2D eigenvalue weighted by Crippen LogP contribution is -2.44. The van der Waals surface area contributed by atoms with Gasteiger partial charge >= 0.3 is 0 Å². The Balaban J connectivity index is 1.31. The number of fused-ring (bicyclic) bond motifs is 2. The summed E-state index contributed by atoms with van der Waals surface area (Å²) in [6.07, 6.45) is 0.817. The summed E-state index contributed by atoms with van der Waals surface area (Å²) in [5.41, 5.74) is 6.53. The number of nitrogens with two attached hydrogens (primary N) is 1. The summed E-state index contributed by atoms with van der Waals surface area (Å²) in [5.74, 6) is -1.15. The van der Waals surface area contributed by atoms with Crippen molar-refractivity contribution in [2.75, 3.05) is 6.54 Å². The van der Waals surface area contributed by atoms with Crippen LogP contribution < -0.4 is 16.4 Å². The molecule has 1 atom stereocenters. The van der Waals surface area contributed by atoms with Gasteiger partial charge in [-0.25, -0.2) is 0 Å². The highest BCUT2D eigenvalue weighted by Crippen LogP contribution is 2.17. The van der Waals surface area contributed by atoms with Gasteiger partial charge in [0, 0.05) is 17.7 Å². The normalized spacial score (nSPS) is 11.8. The van der Waals surface area contributed by atoms with Crippen molar-refractivity contribution < 1.29 is 14.4 Å². The smallest absolute Gasteiger partial charge is 0.251 e. The van der Waals surface area contributed by atoms with E-state index in [1.165, 1.54) is 0 Å². The number of benzene rings is 4. The van der Waals surface area contributed by atoms with Crippen molar-refractivity contribution in [3.63, 3.8) is 0 Å². The van der Waals surface area contributed by atoms with Crippen LogP contribution >= 0.6 is 0 Å². The van der Waals surface area contributed by atoms with Crippen LogP contribution in [-0.4, -0.2) is 30.3 Å². The summed E-state index contributed by atoms with van der Waals surface area (Å²) in [7, 11) is 0. The van der Waals surface area contributed by atoms with E-state index in [1.807, 2.05) is 66.7 Å². The average Bonchev–Trinajstić information content (AvgIpc) is 2.84. The van der Waals surface area contributed by atoms with Crippen LogP contribution in [0, 0.1) is 0 Å². The number of nitrogens with one attached hydrogen (secondary N) is 2. The first-order valence-corrected chi connectivity index (χ1v) is 10.9. The maximum absolute atomic E-state index is 12.6. The molecule has 0 aliphatic rings. The van der Waals surface area contributed by atoms with E-state index in [2.05, 4.69) is 10.6 Å². The third kappa shape index (κ3) is 5.36. The summed E-state index contributed by atoms with van der Waals surface area (Å²) in [6.45, 7) is 0.362. The third-order valence-electron chi connectivity index (χ3n) is 5.63. The Hall–Kier alpha value is -4.19.